The van der Waals surface area contributed by atoms with Crippen LogP contribution < -0.4 is 16.0 Å². The highest BCUT2D eigenvalue weighted by Crippen LogP contribution is 2.29. The number of nitrogens with one attached hydrogen (secondary N) is 3. The minimum absolute atomic E-state index is 0.0487. The quantitative estimate of drug-likeness (QED) is 0.362. The number of anilines is 1. The van der Waals surface area contributed by atoms with E-state index in [1.807, 2.05) is 0 Å². The minimum Gasteiger partial charge on any atom is -0.478 e. The zero-order valence-electron chi connectivity index (χ0n) is 11.2. The Morgan fingerprint density at radius 2 is 1.91 bits per heavy atom. The van der Waals surface area contributed by atoms with Crippen LogP contribution in [0, 0.1) is 0 Å². The van der Waals surface area contributed by atoms with Crippen molar-refractivity contribution in [2.75, 3.05) is 5.32 Å². The monoisotopic (exact) mass is 383 g/mol. The molecule has 1 rings (SSSR count). The van der Waals surface area contributed by atoms with Crippen molar-refractivity contribution in [3.8, 4) is 0 Å². The van der Waals surface area contributed by atoms with E-state index in [0.29, 0.717) is 5.69 Å². The summed E-state index contributed by atoms with van der Waals surface area (Å²) in [6.45, 7) is 1.26. The molecule has 120 valence electrons. The molecule has 0 saturated heterocycles. The van der Waals surface area contributed by atoms with Crippen LogP contribution in [0.1, 0.15) is 17.3 Å². The van der Waals surface area contributed by atoms with E-state index in [-0.39, 0.29) is 10.7 Å². The van der Waals surface area contributed by atoms with E-state index in [1.165, 1.54) is 19.1 Å². The molecule has 4 N–H and O–H groups in total. The van der Waals surface area contributed by atoms with Crippen molar-refractivity contribution in [3.63, 3.8) is 0 Å². The second-order valence-corrected chi connectivity index (χ2v) is 6.94. The fourth-order valence-electron chi connectivity index (χ4n) is 1.43. The van der Waals surface area contributed by atoms with Gasteiger partial charge in [0.15, 0.2) is 5.11 Å². The standard InChI is InChI=1S/C12H12Cl3N3O3S/c1-6(19)16-10(12(13,14)15)18-11(22)17-8-4-2-3-7(5-8)9(20)21/h2-5,10H,1H3,(H,16,19)(H,20,21)(H2,17,18,22)/t10-/m1/s1. The van der Waals surface area contributed by atoms with Gasteiger partial charge in [0.2, 0.25) is 9.70 Å². The lowest BCUT2D eigenvalue weighted by Crippen LogP contribution is -2.55. The van der Waals surface area contributed by atoms with Gasteiger partial charge in [-0.25, -0.2) is 4.79 Å². The molecule has 0 aliphatic rings. The maximum Gasteiger partial charge on any atom is 0.335 e. The van der Waals surface area contributed by atoms with Gasteiger partial charge in [-0.1, -0.05) is 40.9 Å². The van der Waals surface area contributed by atoms with Gasteiger partial charge >= 0.3 is 5.97 Å². The van der Waals surface area contributed by atoms with Crippen LogP contribution >= 0.6 is 47.0 Å². The van der Waals surface area contributed by atoms with E-state index < -0.39 is 21.8 Å². The van der Waals surface area contributed by atoms with Gasteiger partial charge in [0.05, 0.1) is 5.56 Å². The van der Waals surface area contributed by atoms with Crippen molar-refractivity contribution >= 4 is 69.7 Å². The molecule has 1 aromatic carbocycles. The van der Waals surface area contributed by atoms with E-state index in [9.17, 15) is 9.59 Å². The Hall–Kier alpha value is -1.28. The van der Waals surface area contributed by atoms with Crippen LogP contribution in [0.4, 0.5) is 5.69 Å². The number of amides is 1. The summed E-state index contributed by atoms with van der Waals surface area (Å²) in [5.74, 6) is -1.49. The third kappa shape index (κ3) is 6.23. The van der Waals surface area contributed by atoms with Crippen LogP contribution in [0.2, 0.25) is 0 Å². The Morgan fingerprint density at radius 1 is 1.27 bits per heavy atom. The summed E-state index contributed by atoms with van der Waals surface area (Å²) in [5, 5.41) is 16.7. The van der Waals surface area contributed by atoms with Crippen LogP contribution in [0.5, 0.6) is 0 Å². The van der Waals surface area contributed by atoms with Crippen LogP contribution in [-0.4, -0.2) is 32.1 Å². The van der Waals surface area contributed by atoms with E-state index in [4.69, 9.17) is 52.1 Å². The summed E-state index contributed by atoms with van der Waals surface area (Å²) < 4.78 is -1.83. The summed E-state index contributed by atoms with van der Waals surface area (Å²) in [6, 6.07) is 5.99. The number of carbonyl (C=O) groups excluding carboxylic acids is 1. The molecule has 1 atom stereocenters. The number of alkyl halides is 3. The summed E-state index contributed by atoms with van der Waals surface area (Å²) in [6.07, 6.45) is -1.06. The molecule has 1 amide bonds. The molecular weight excluding hydrogens is 373 g/mol. The zero-order chi connectivity index (χ0) is 16.9. The molecule has 0 bridgehead atoms. The van der Waals surface area contributed by atoms with Crippen molar-refractivity contribution in [1.29, 1.82) is 0 Å². The van der Waals surface area contributed by atoms with Crippen LogP contribution in [0.15, 0.2) is 24.3 Å². The number of thiocarbonyl (C=S) groups is 1. The van der Waals surface area contributed by atoms with Crippen molar-refractivity contribution in [2.45, 2.75) is 16.9 Å². The van der Waals surface area contributed by atoms with Crippen LogP contribution in [0.25, 0.3) is 0 Å². The number of aromatic carboxylic acids is 1. The second-order valence-electron chi connectivity index (χ2n) is 4.16. The molecular formula is C12H12Cl3N3O3S. The van der Waals surface area contributed by atoms with Gasteiger partial charge in [-0.2, -0.15) is 0 Å². The SMILES string of the molecule is CC(=O)N[C@H](NC(=S)Nc1cccc(C(=O)O)c1)C(Cl)(Cl)Cl. The molecule has 0 aromatic heterocycles. The first-order valence-corrected chi connectivity index (χ1v) is 7.38. The lowest BCUT2D eigenvalue weighted by atomic mass is 10.2. The molecule has 6 nitrogen and oxygen atoms in total. The van der Waals surface area contributed by atoms with Gasteiger partial charge in [-0.05, 0) is 30.4 Å². The topological polar surface area (TPSA) is 90.5 Å². The summed E-state index contributed by atoms with van der Waals surface area (Å²) in [4.78, 5) is 22.0. The van der Waals surface area contributed by atoms with Crippen LogP contribution in [0.3, 0.4) is 0 Å². The molecule has 0 aliphatic carbocycles. The fraction of sp³-hybridized carbons (Fsp3) is 0.250. The number of carboxylic acids is 1. The molecule has 0 fully saturated rings. The number of carbonyl (C=O) groups is 2. The Bertz CT molecular complexity index is 592. The average Bonchev–Trinajstić information content (AvgIpc) is 2.36. The van der Waals surface area contributed by atoms with Gasteiger partial charge in [0.25, 0.3) is 0 Å². The number of benzene rings is 1. The van der Waals surface area contributed by atoms with Gasteiger partial charge in [-0.3, -0.25) is 4.79 Å². The lowest BCUT2D eigenvalue weighted by molar-refractivity contribution is -0.119. The highest BCUT2D eigenvalue weighted by molar-refractivity contribution is 7.80. The maximum absolute atomic E-state index is 11.1. The second kappa shape index (κ2) is 7.82. The van der Waals surface area contributed by atoms with Gasteiger partial charge in [-0.15, -0.1) is 0 Å². The Labute approximate surface area is 147 Å². The highest BCUT2D eigenvalue weighted by atomic mass is 35.6. The number of hydrogen-bond donors (Lipinski definition) is 4. The van der Waals surface area contributed by atoms with Crippen molar-refractivity contribution in [3.05, 3.63) is 29.8 Å². The fourth-order valence-corrected chi connectivity index (χ4v) is 1.99. The number of rotatable bonds is 4. The van der Waals surface area contributed by atoms with Gasteiger partial charge < -0.3 is 21.1 Å². The first kappa shape index (κ1) is 18.8. The van der Waals surface area contributed by atoms with Crippen LogP contribution in [-0.2, 0) is 4.79 Å². The zero-order valence-corrected chi connectivity index (χ0v) is 14.3. The average molecular weight is 385 g/mol. The summed E-state index contributed by atoms with van der Waals surface area (Å²) in [7, 11) is 0. The maximum atomic E-state index is 11.1. The third-order valence-corrected chi connectivity index (χ3v) is 3.19. The van der Waals surface area contributed by atoms with Crippen molar-refractivity contribution < 1.29 is 14.7 Å². The largest absolute Gasteiger partial charge is 0.478 e. The summed E-state index contributed by atoms with van der Waals surface area (Å²) in [5.41, 5.74) is 0.524. The highest BCUT2D eigenvalue weighted by Gasteiger charge is 2.34. The van der Waals surface area contributed by atoms with Crippen molar-refractivity contribution in [1.82, 2.24) is 10.6 Å². The first-order valence-electron chi connectivity index (χ1n) is 5.84. The summed E-state index contributed by atoms with van der Waals surface area (Å²) >= 11 is 22.3. The molecule has 0 spiro atoms. The minimum atomic E-state index is -1.83. The Balaban J connectivity index is 2.77. The molecule has 22 heavy (non-hydrogen) atoms. The van der Waals surface area contributed by atoms with Gasteiger partial charge in [0.1, 0.15) is 6.17 Å². The predicted octanol–water partition coefficient (Wildman–Crippen LogP) is 2.50. The Kier molecular flexibility index (Phi) is 6.67. The third-order valence-electron chi connectivity index (χ3n) is 2.32. The number of carboxylic acid groups (broad SMARTS) is 1. The van der Waals surface area contributed by atoms with E-state index in [2.05, 4.69) is 16.0 Å². The first-order chi connectivity index (χ1) is 10.1. The van der Waals surface area contributed by atoms with Gasteiger partial charge in [0, 0.05) is 12.6 Å². The predicted molar refractivity (Wildman–Crippen MR) is 90.7 cm³/mol. The Morgan fingerprint density at radius 3 is 2.41 bits per heavy atom. The molecule has 1 aromatic rings. The lowest BCUT2D eigenvalue weighted by Gasteiger charge is -2.27. The molecule has 0 heterocycles. The van der Waals surface area contributed by atoms with E-state index in [0.717, 1.165) is 0 Å². The van der Waals surface area contributed by atoms with Crippen molar-refractivity contribution in [2.24, 2.45) is 0 Å². The number of halogens is 3. The van der Waals surface area contributed by atoms with E-state index in [1.54, 1.807) is 12.1 Å². The molecule has 0 saturated carbocycles. The molecule has 0 radical (unpaired) electrons. The molecule has 10 heteroatoms. The molecule has 0 unspecified atom stereocenters. The number of hydrogen-bond acceptors (Lipinski definition) is 3. The normalized spacial score (nSPS) is 12.2. The smallest absolute Gasteiger partial charge is 0.335 e. The van der Waals surface area contributed by atoms with E-state index >= 15 is 0 Å². The molecule has 0 aliphatic heterocycles.